The predicted molar refractivity (Wildman–Crippen MR) is 84.0 cm³/mol. The highest BCUT2D eigenvalue weighted by molar-refractivity contribution is 9.09. The van der Waals surface area contributed by atoms with Crippen LogP contribution in [-0.4, -0.2) is 11.9 Å². The summed E-state index contributed by atoms with van der Waals surface area (Å²) < 4.78 is 10.5. The number of fused-ring (bicyclic) bond motifs is 1. The van der Waals surface area contributed by atoms with Gasteiger partial charge in [0.05, 0.1) is 10.4 Å². The van der Waals surface area contributed by atoms with Gasteiger partial charge in [0.2, 0.25) is 0 Å². The first-order valence-electron chi connectivity index (χ1n) is 6.78. The summed E-state index contributed by atoms with van der Waals surface area (Å²) in [7, 11) is 0. The van der Waals surface area contributed by atoms with Crippen LogP contribution in [0.4, 0.5) is 0 Å². The molecule has 0 fully saturated rings. The fraction of sp³-hybridized carbons (Fsp3) is 0.176. The Morgan fingerprint density at radius 3 is 2.50 bits per heavy atom. The van der Waals surface area contributed by atoms with Gasteiger partial charge in [0.1, 0.15) is 11.9 Å². The summed E-state index contributed by atoms with van der Waals surface area (Å²) in [6, 6.07) is 14.3. The molecule has 0 aliphatic carbocycles. The highest BCUT2D eigenvalue weighted by Crippen LogP contribution is 2.44. The highest BCUT2D eigenvalue weighted by atomic mass is 79.9. The molecule has 0 radical (unpaired) electrons. The third kappa shape index (κ3) is 2.76. The molecule has 1 aliphatic rings. The summed E-state index contributed by atoms with van der Waals surface area (Å²) in [6.07, 6.45) is -0.422. The first kappa shape index (κ1) is 14.8. The number of halogens is 1. The second-order valence-electron chi connectivity index (χ2n) is 4.98. The fourth-order valence-electron chi connectivity index (χ4n) is 2.45. The Kier molecular flexibility index (Phi) is 3.98. The highest BCUT2D eigenvalue weighted by Gasteiger charge is 2.34. The number of hydrogen-bond donors (Lipinski definition) is 0. The van der Waals surface area contributed by atoms with Crippen molar-refractivity contribution < 1.29 is 19.1 Å². The Morgan fingerprint density at radius 2 is 1.82 bits per heavy atom. The maximum absolute atomic E-state index is 12.1. The van der Waals surface area contributed by atoms with Crippen LogP contribution in [0.5, 0.6) is 5.75 Å². The molecule has 2 aromatic carbocycles. The first-order valence-corrected chi connectivity index (χ1v) is 7.70. The van der Waals surface area contributed by atoms with Crippen LogP contribution >= 0.6 is 15.9 Å². The van der Waals surface area contributed by atoms with Crippen LogP contribution < -0.4 is 4.74 Å². The minimum Gasteiger partial charge on any atom is -0.452 e. The molecular formula is C17H13BrO4. The average molecular weight is 361 g/mol. The molecule has 2 aromatic rings. The number of ether oxygens (including phenoxy) is 2. The molecule has 1 heterocycles. The van der Waals surface area contributed by atoms with Gasteiger partial charge >= 0.3 is 11.9 Å². The maximum Gasteiger partial charge on any atom is 0.339 e. The lowest BCUT2D eigenvalue weighted by atomic mass is 9.94. The van der Waals surface area contributed by atoms with Gasteiger partial charge in [0, 0.05) is 6.92 Å². The zero-order valence-corrected chi connectivity index (χ0v) is 13.4. The van der Waals surface area contributed by atoms with Gasteiger partial charge in [0.25, 0.3) is 0 Å². The van der Waals surface area contributed by atoms with Crippen LogP contribution in [0.2, 0.25) is 0 Å². The lowest BCUT2D eigenvalue weighted by molar-refractivity contribution is -0.131. The molecule has 0 spiro atoms. The zero-order valence-electron chi connectivity index (χ0n) is 11.8. The van der Waals surface area contributed by atoms with Crippen molar-refractivity contribution in [1.82, 2.24) is 0 Å². The topological polar surface area (TPSA) is 52.6 Å². The van der Waals surface area contributed by atoms with Gasteiger partial charge in [-0.05, 0) is 29.3 Å². The average Bonchev–Trinajstić information content (AvgIpc) is 2.51. The van der Waals surface area contributed by atoms with Crippen LogP contribution in [-0.2, 0) is 9.53 Å². The maximum atomic E-state index is 12.1. The van der Waals surface area contributed by atoms with Crippen molar-refractivity contribution in [2.45, 2.75) is 17.9 Å². The largest absolute Gasteiger partial charge is 0.452 e. The second kappa shape index (κ2) is 5.93. The third-order valence-corrected chi connectivity index (χ3v) is 4.42. The van der Waals surface area contributed by atoms with E-state index in [4.69, 9.17) is 9.47 Å². The van der Waals surface area contributed by atoms with E-state index >= 15 is 0 Å². The van der Waals surface area contributed by atoms with Crippen LogP contribution in [0.1, 0.15) is 39.3 Å². The molecule has 0 aromatic heterocycles. The molecule has 0 N–H and O–H groups in total. The number of carbonyl (C=O) groups excluding carboxylic acids is 2. The van der Waals surface area contributed by atoms with Crippen molar-refractivity contribution >= 4 is 27.9 Å². The van der Waals surface area contributed by atoms with Gasteiger partial charge in [-0.2, -0.15) is 0 Å². The summed E-state index contributed by atoms with van der Waals surface area (Å²) in [5.41, 5.74) is 2.32. The van der Waals surface area contributed by atoms with Crippen molar-refractivity contribution in [3.63, 3.8) is 0 Å². The Balaban J connectivity index is 1.90. The number of hydrogen-bond acceptors (Lipinski definition) is 4. The lowest BCUT2D eigenvalue weighted by Crippen LogP contribution is -2.23. The van der Waals surface area contributed by atoms with Crippen LogP contribution in [0.25, 0.3) is 0 Å². The number of carbonyl (C=O) groups is 2. The van der Waals surface area contributed by atoms with Crippen molar-refractivity contribution in [2.75, 3.05) is 0 Å². The SMILES string of the molecule is CC(=O)Oc1ccc(C2OC(=O)c3ccccc3C2Br)cc1. The van der Waals surface area contributed by atoms with Gasteiger partial charge in [-0.3, -0.25) is 4.79 Å². The normalized spacial score (nSPS) is 20.0. The molecule has 4 nitrogen and oxygen atoms in total. The Hall–Kier alpha value is -2.14. The predicted octanol–water partition coefficient (Wildman–Crippen LogP) is 3.96. The van der Waals surface area contributed by atoms with Crippen molar-refractivity contribution in [3.05, 3.63) is 65.2 Å². The van der Waals surface area contributed by atoms with E-state index in [0.717, 1.165) is 11.1 Å². The summed E-state index contributed by atoms with van der Waals surface area (Å²) in [5, 5.41) is 0. The fourth-order valence-corrected chi connectivity index (χ4v) is 3.27. The van der Waals surface area contributed by atoms with Crippen LogP contribution in [0.15, 0.2) is 48.5 Å². The molecule has 3 rings (SSSR count). The summed E-state index contributed by atoms with van der Waals surface area (Å²) in [6.45, 7) is 1.35. The minimum absolute atomic E-state index is 0.124. The zero-order chi connectivity index (χ0) is 15.7. The Bertz CT molecular complexity index is 724. The lowest BCUT2D eigenvalue weighted by Gasteiger charge is -2.29. The van der Waals surface area contributed by atoms with Gasteiger partial charge in [-0.15, -0.1) is 0 Å². The van der Waals surface area contributed by atoms with Gasteiger partial charge in [-0.1, -0.05) is 46.3 Å². The van der Waals surface area contributed by atoms with Gasteiger partial charge < -0.3 is 9.47 Å². The molecule has 0 saturated heterocycles. The molecule has 1 aliphatic heterocycles. The van der Waals surface area contributed by atoms with E-state index in [2.05, 4.69) is 15.9 Å². The smallest absolute Gasteiger partial charge is 0.339 e. The Morgan fingerprint density at radius 1 is 1.14 bits per heavy atom. The number of alkyl halides is 1. The molecule has 0 amide bonds. The number of cyclic esters (lactones) is 1. The molecule has 2 atom stereocenters. The van der Waals surface area contributed by atoms with Crippen molar-refractivity contribution in [2.24, 2.45) is 0 Å². The van der Waals surface area contributed by atoms with Crippen LogP contribution in [0.3, 0.4) is 0 Å². The van der Waals surface area contributed by atoms with Crippen LogP contribution in [0, 0.1) is 0 Å². The number of benzene rings is 2. The molecule has 2 unspecified atom stereocenters. The third-order valence-electron chi connectivity index (χ3n) is 3.45. The van der Waals surface area contributed by atoms with Gasteiger partial charge in [0.15, 0.2) is 0 Å². The molecule has 5 heteroatoms. The Labute approximate surface area is 136 Å². The minimum atomic E-state index is -0.422. The standard InChI is InChI=1S/C17H13BrO4/c1-10(19)21-12-8-6-11(7-9-12)16-15(18)13-4-2-3-5-14(13)17(20)22-16/h2-9,15-16H,1H3. The number of rotatable bonds is 2. The van der Waals surface area contributed by atoms with E-state index in [1.807, 2.05) is 18.2 Å². The molecule has 112 valence electrons. The molecular weight excluding hydrogens is 348 g/mol. The summed E-state index contributed by atoms with van der Waals surface area (Å²) in [5.74, 6) is -0.241. The van der Waals surface area contributed by atoms with E-state index in [9.17, 15) is 9.59 Å². The summed E-state index contributed by atoms with van der Waals surface area (Å²) in [4.78, 5) is 22.9. The van der Waals surface area contributed by atoms with E-state index in [-0.39, 0.29) is 16.8 Å². The molecule has 0 saturated carbocycles. The van der Waals surface area contributed by atoms with Crippen molar-refractivity contribution in [3.8, 4) is 5.75 Å². The second-order valence-corrected chi connectivity index (χ2v) is 5.96. The van der Waals surface area contributed by atoms with E-state index in [0.29, 0.717) is 11.3 Å². The van der Waals surface area contributed by atoms with Gasteiger partial charge in [-0.25, -0.2) is 4.79 Å². The van der Waals surface area contributed by atoms with E-state index in [1.165, 1.54) is 6.92 Å². The molecule has 0 bridgehead atoms. The van der Waals surface area contributed by atoms with Crippen molar-refractivity contribution in [1.29, 1.82) is 0 Å². The quantitative estimate of drug-likeness (QED) is 0.462. The monoisotopic (exact) mass is 360 g/mol. The number of esters is 2. The van der Waals surface area contributed by atoms with E-state index in [1.54, 1.807) is 30.3 Å². The molecule has 22 heavy (non-hydrogen) atoms. The van der Waals surface area contributed by atoms with E-state index < -0.39 is 6.10 Å². The first-order chi connectivity index (χ1) is 10.6. The summed E-state index contributed by atoms with van der Waals surface area (Å²) >= 11 is 3.61.